The summed E-state index contributed by atoms with van der Waals surface area (Å²) in [5, 5.41) is 18.1. The number of esters is 1. The molecule has 9 heteroatoms. The van der Waals surface area contributed by atoms with Crippen molar-refractivity contribution < 1.29 is 24.2 Å². The number of aliphatic carboxylic acids is 1. The lowest BCUT2D eigenvalue weighted by atomic mass is 9.94. The van der Waals surface area contributed by atoms with Crippen LogP contribution in [0.4, 0.5) is 5.69 Å². The van der Waals surface area contributed by atoms with E-state index in [1.807, 2.05) is 6.07 Å². The van der Waals surface area contributed by atoms with Gasteiger partial charge in [-0.15, -0.1) is 0 Å². The van der Waals surface area contributed by atoms with E-state index in [1.54, 1.807) is 54.6 Å². The van der Waals surface area contributed by atoms with E-state index in [4.69, 9.17) is 15.7 Å². The number of nitrogens with zero attached hydrogens (tertiary/aromatic N) is 1. The van der Waals surface area contributed by atoms with Crippen molar-refractivity contribution in [2.24, 2.45) is 5.73 Å². The van der Waals surface area contributed by atoms with E-state index < -0.39 is 29.8 Å². The van der Waals surface area contributed by atoms with Crippen LogP contribution < -0.4 is 16.6 Å². The lowest BCUT2D eigenvalue weighted by Gasteiger charge is -2.22. The van der Waals surface area contributed by atoms with Crippen LogP contribution in [0, 0.1) is 11.3 Å². The maximum absolute atomic E-state index is 12.2. The number of carboxylic acids is 1. The smallest absolute Gasteiger partial charge is 0.338 e. The molecule has 0 bridgehead atoms. The summed E-state index contributed by atoms with van der Waals surface area (Å²) >= 11 is 0. The number of nitrogens with one attached hydrogen (secondary N) is 2. The Morgan fingerprint density at radius 3 is 2.34 bits per heavy atom. The third-order valence-electron chi connectivity index (χ3n) is 4.07. The van der Waals surface area contributed by atoms with E-state index in [0.29, 0.717) is 16.8 Å². The summed E-state index contributed by atoms with van der Waals surface area (Å²) in [6.45, 7) is -0.127. The zero-order valence-electron chi connectivity index (χ0n) is 15.4. The molecule has 2 rings (SSSR count). The average Bonchev–Trinajstić information content (AvgIpc) is 2.75. The molecule has 0 spiro atoms. The lowest BCUT2D eigenvalue weighted by Crippen LogP contribution is -2.56. The van der Waals surface area contributed by atoms with Crippen LogP contribution in [0.1, 0.15) is 24.0 Å². The van der Waals surface area contributed by atoms with E-state index in [1.165, 1.54) is 0 Å². The predicted octanol–water partition coefficient (Wildman–Crippen LogP) is 1.31. The number of rotatable bonds is 9. The molecule has 9 nitrogen and oxygen atoms in total. The Balaban J connectivity index is 1.87. The van der Waals surface area contributed by atoms with Crippen LogP contribution in [-0.4, -0.2) is 28.5 Å². The van der Waals surface area contributed by atoms with Crippen molar-refractivity contribution in [2.45, 2.75) is 25.0 Å². The molecule has 0 aliphatic heterocycles. The van der Waals surface area contributed by atoms with E-state index in [0.717, 1.165) is 0 Å². The van der Waals surface area contributed by atoms with Crippen LogP contribution in [-0.2, 0) is 25.7 Å². The summed E-state index contributed by atoms with van der Waals surface area (Å²) in [7, 11) is 0. The molecule has 0 saturated carbocycles. The molecule has 150 valence electrons. The number of carbonyl (C=O) groups excluding carboxylic acids is 2. The molecule has 1 atom stereocenters. The predicted molar refractivity (Wildman–Crippen MR) is 103 cm³/mol. The zero-order chi connectivity index (χ0) is 21.3. The highest BCUT2D eigenvalue weighted by molar-refractivity contribution is 6.04. The molecule has 0 aromatic heterocycles. The standard InChI is InChI=1S/C20H20N4O5/c21-12-14-6-8-16(9-7-14)23-24-17(25)10-11-20(22,18(26)27)19(28)29-13-15-4-2-1-3-5-15/h1-9,23H,10-11,13,22H2,(H,24,25)(H,26,27)/t20-/m0/s1. The first-order chi connectivity index (χ1) is 13.8. The van der Waals surface area contributed by atoms with Crippen LogP contribution in [0.2, 0.25) is 0 Å². The van der Waals surface area contributed by atoms with Crippen LogP contribution in [0.15, 0.2) is 54.6 Å². The number of nitriles is 1. The maximum Gasteiger partial charge on any atom is 0.338 e. The lowest BCUT2D eigenvalue weighted by molar-refractivity contribution is -0.162. The van der Waals surface area contributed by atoms with Gasteiger partial charge in [0.25, 0.3) is 0 Å². The van der Waals surface area contributed by atoms with Gasteiger partial charge in [-0.05, 0) is 36.2 Å². The zero-order valence-corrected chi connectivity index (χ0v) is 15.4. The molecule has 2 aromatic rings. The van der Waals surface area contributed by atoms with Gasteiger partial charge in [0.15, 0.2) is 0 Å². The van der Waals surface area contributed by atoms with Gasteiger partial charge in [-0.1, -0.05) is 30.3 Å². The van der Waals surface area contributed by atoms with Crippen molar-refractivity contribution in [3.8, 4) is 6.07 Å². The number of carbonyl (C=O) groups is 3. The second-order valence-corrected chi connectivity index (χ2v) is 6.20. The second-order valence-electron chi connectivity index (χ2n) is 6.20. The summed E-state index contributed by atoms with van der Waals surface area (Å²) in [4.78, 5) is 35.7. The normalized spacial score (nSPS) is 12.1. The SMILES string of the molecule is N#Cc1ccc(NNC(=O)CC[C@](N)(C(=O)O)C(=O)OCc2ccccc2)cc1. The Morgan fingerprint density at radius 2 is 1.76 bits per heavy atom. The van der Waals surface area contributed by atoms with Crippen LogP contribution in [0.25, 0.3) is 0 Å². The minimum Gasteiger partial charge on any atom is -0.479 e. The van der Waals surface area contributed by atoms with E-state index in [9.17, 15) is 19.5 Å². The number of anilines is 1. The summed E-state index contributed by atoms with van der Waals surface area (Å²) in [5.41, 5.74) is 10.0. The van der Waals surface area contributed by atoms with Crippen molar-refractivity contribution in [1.82, 2.24) is 5.43 Å². The van der Waals surface area contributed by atoms with Gasteiger partial charge in [0.2, 0.25) is 11.4 Å². The van der Waals surface area contributed by atoms with Gasteiger partial charge in [0.05, 0.1) is 17.3 Å². The molecular weight excluding hydrogens is 376 g/mol. The minimum atomic E-state index is -2.35. The van der Waals surface area contributed by atoms with Crippen LogP contribution in [0.3, 0.4) is 0 Å². The number of ether oxygens (including phenoxy) is 1. The third-order valence-corrected chi connectivity index (χ3v) is 4.07. The Morgan fingerprint density at radius 1 is 1.10 bits per heavy atom. The number of benzene rings is 2. The Bertz CT molecular complexity index is 909. The Labute approximate surface area is 167 Å². The summed E-state index contributed by atoms with van der Waals surface area (Å²) in [6.07, 6.45) is -0.774. The molecule has 29 heavy (non-hydrogen) atoms. The Hall–Kier alpha value is -3.90. The monoisotopic (exact) mass is 396 g/mol. The first kappa shape index (κ1) is 21.4. The highest BCUT2D eigenvalue weighted by Gasteiger charge is 2.44. The molecule has 0 heterocycles. The average molecular weight is 396 g/mol. The molecule has 0 radical (unpaired) electrons. The molecular formula is C20H20N4O5. The molecule has 1 amide bonds. The quantitative estimate of drug-likeness (QED) is 0.281. The Kier molecular flexibility index (Phi) is 7.28. The topological polar surface area (TPSA) is 155 Å². The van der Waals surface area contributed by atoms with Gasteiger partial charge in [-0.25, -0.2) is 9.59 Å². The fourth-order valence-corrected chi connectivity index (χ4v) is 2.29. The summed E-state index contributed by atoms with van der Waals surface area (Å²) in [5.74, 6) is -3.27. The molecule has 0 aliphatic rings. The first-order valence-corrected chi connectivity index (χ1v) is 8.63. The highest BCUT2D eigenvalue weighted by Crippen LogP contribution is 2.15. The number of carboxylic acid groups (broad SMARTS) is 1. The van der Waals surface area contributed by atoms with Crippen molar-refractivity contribution >= 4 is 23.5 Å². The van der Waals surface area contributed by atoms with Crippen molar-refractivity contribution in [1.29, 1.82) is 5.26 Å². The van der Waals surface area contributed by atoms with Gasteiger partial charge >= 0.3 is 11.9 Å². The molecule has 0 fully saturated rings. The fourth-order valence-electron chi connectivity index (χ4n) is 2.29. The van der Waals surface area contributed by atoms with E-state index in [2.05, 4.69) is 10.9 Å². The first-order valence-electron chi connectivity index (χ1n) is 8.63. The molecule has 5 N–H and O–H groups in total. The summed E-state index contributed by atoms with van der Waals surface area (Å²) < 4.78 is 5.02. The molecule has 0 aliphatic carbocycles. The van der Waals surface area contributed by atoms with Gasteiger partial charge in [-0.3, -0.25) is 15.6 Å². The molecule has 0 saturated heterocycles. The van der Waals surface area contributed by atoms with Gasteiger partial charge in [-0.2, -0.15) is 5.26 Å². The van der Waals surface area contributed by atoms with E-state index in [-0.39, 0.29) is 13.0 Å². The van der Waals surface area contributed by atoms with Gasteiger partial charge in [0.1, 0.15) is 6.61 Å². The molecule has 0 unspecified atom stereocenters. The van der Waals surface area contributed by atoms with Crippen molar-refractivity contribution in [3.63, 3.8) is 0 Å². The number of nitrogens with two attached hydrogens (primary N) is 1. The molecule has 2 aromatic carbocycles. The minimum absolute atomic E-state index is 0.127. The maximum atomic E-state index is 12.2. The second kappa shape index (κ2) is 9.87. The fraction of sp³-hybridized carbons (Fsp3) is 0.200. The highest BCUT2D eigenvalue weighted by atomic mass is 16.5. The third kappa shape index (κ3) is 6.05. The van der Waals surface area contributed by atoms with E-state index >= 15 is 0 Å². The summed E-state index contributed by atoms with van der Waals surface area (Å²) in [6, 6.07) is 17.0. The van der Waals surface area contributed by atoms with Crippen molar-refractivity contribution in [3.05, 3.63) is 65.7 Å². The van der Waals surface area contributed by atoms with Gasteiger partial charge < -0.3 is 15.6 Å². The van der Waals surface area contributed by atoms with Crippen LogP contribution >= 0.6 is 0 Å². The number of hydrazine groups is 1. The number of hydrogen-bond donors (Lipinski definition) is 4. The van der Waals surface area contributed by atoms with Crippen LogP contribution in [0.5, 0.6) is 0 Å². The number of amides is 1. The van der Waals surface area contributed by atoms with Crippen molar-refractivity contribution in [2.75, 3.05) is 5.43 Å². The largest absolute Gasteiger partial charge is 0.479 e. The number of hydrogen-bond acceptors (Lipinski definition) is 7. The van der Waals surface area contributed by atoms with Gasteiger partial charge in [0, 0.05) is 6.42 Å².